The molecule has 0 fully saturated rings. The Morgan fingerprint density at radius 1 is 0.750 bits per heavy atom. The molecule has 96 valence electrons. The fourth-order valence-corrected chi connectivity index (χ4v) is 1.75. The van der Waals surface area contributed by atoms with Crippen molar-refractivity contribution in [1.82, 2.24) is 10.6 Å². The number of hydrogen-bond acceptors (Lipinski definition) is 1. The lowest BCUT2D eigenvalue weighted by Crippen LogP contribution is -2.36. The lowest BCUT2D eigenvalue weighted by atomic mass is 10.1. The second-order valence-corrected chi connectivity index (χ2v) is 4.71. The van der Waals surface area contributed by atoms with Gasteiger partial charge in [0.05, 0.1) is 0 Å². The Balaban J connectivity index is 3.09. The lowest BCUT2D eigenvalue weighted by molar-refractivity contribution is 0.600. The van der Waals surface area contributed by atoms with E-state index in [1.807, 2.05) is 0 Å². The minimum atomic E-state index is 0.821. The van der Waals surface area contributed by atoms with Gasteiger partial charge in [0.2, 0.25) is 0 Å². The molecule has 0 saturated carbocycles. The van der Waals surface area contributed by atoms with Gasteiger partial charge in [-0.15, -0.1) is 0 Å². The van der Waals surface area contributed by atoms with Crippen molar-refractivity contribution in [3.8, 4) is 0 Å². The van der Waals surface area contributed by atoms with Crippen LogP contribution in [-0.2, 0) is 0 Å². The normalized spacial score (nSPS) is 10.1. The molecule has 0 radical (unpaired) electrons. The van der Waals surface area contributed by atoms with Crippen molar-refractivity contribution >= 4 is 17.3 Å². The zero-order valence-electron chi connectivity index (χ0n) is 11.0. The molecule has 3 heteroatoms. The van der Waals surface area contributed by atoms with Crippen LogP contribution in [0.15, 0.2) is 0 Å². The van der Waals surface area contributed by atoms with Crippen molar-refractivity contribution in [2.75, 3.05) is 13.1 Å². The summed E-state index contributed by atoms with van der Waals surface area (Å²) in [6, 6.07) is 0. The number of unbranched alkanes of at least 4 members (excludes halogenated alkanes) is 6. The summed E-state index contributed by atoms with van der Waals surface area (Å²) in [5.74, 6) is 0. The second kappa shape index (κ2) is 12.8. The van der Waals surface area contributed by atoms with E-state index in [4.69, 9.17) is 12.2 Å². The zero-order chi connectivity index (χ0) is 12.1. The van der Waals surface area contributed by atoms with Crippen molar-refractivity contribution in [3.63, 3.8) is 0 Å². The smallest absolute Gasteiger partial charge is 0.166 e. The summed E-state index contributed by atoms with van der Waals surface area (Å²) in [6.07, 6.45) is 10.4. The van der Waals surface area contributed by atoms with E-state index in [-0.39, 0.29) is 0 Å². The molecule has 0 heterocycles. The molecule has 0 aliphatic rings. The highest BCUT2D eigenvalue weighted by molar-refractivity contribution is 7.80. The molecule has 0 aliphatic carbocycles. The highest BCUT2D eigenvalue weighted by atomic mass is 32.1. The lowest BCUT2D eigenvalue weighted by Gasteiger charge is -2.09. The minimum Gasteiger partial charge on any atom is -0.363 e. The maximum absolute atomic E-state index is 5.16. The molecule has 2 N–H and O–H groups in total. The van der Waals surface area contributed by atoms with E-state index in [0.717, 1.165) is 18.2 Å². The quantitative estimate of drug-likeness (QED) is 0.453. The van der Waals surface area contributed by atoms with Gasteiger partial charge in [-0.05, 0) is 25.1 Å². The molecule has 2 nitrogen and oxygen atoms in total. The predicted molar refractivity (Wildman–Crippen MR) is 76.9 cm³/mol. The molecular formula is C13H28N2S. The van der Waals surface area contributed by atoms with Crippen LogP contribution < -0.4 is 10.6 Å². The summed E-state index contributed by atoms with van der Waals surface area (Å²) in [5, 5.41) is 7.29. The first kappa shape index (κ1) is 15.7. The Labute approximate surface area is 107 Å². The molecule has 0 aromatic carbocycles. The highest BCUT2D eigenvalue weighted by Gasteiger charge is 1.94. The Bertz CT molecular complexity index is 160. The summed E-state index contributed by atoms with van der Waals surface area (Å²) in [6.45, 7) is 6.46. The number of rotatable bonds is 10. The number of nitrogens with one attached hydrogen (secondary N) is 2. The monoisotopic (exact) mass is 244 g/mol. The van der Waals surface area contributed by atoms with Crippen LogP contribution in [0.25, 0.3) is 0 Å². The van der Waals surface area contributed by atoms with Crippen LogP contribution >= 0.6 is 12.2 Å². The summed E-state index contributed by atoms with van der Waals surface area (Å²) in [7, 11) is 0. The summed E-state index contributed by atoms with van der Waals surface area (Å²) < 4.78 is 0. The topological polar surface area (TPSA) is 24.1 Å². The van der Waals surface area contributed by atoms with E-state index in [0.29, 0.717) is 0 Å². The van der Waals surface area contributed by atoms with E-state index in [2.05, 4.69) is 24.5 Å². The maximum atomic E-state index is 5.16. The molecule has 0 saturated heterocycles. The van der Waals surface area contributed by atoms with Crippen molar-refractivity contribution in [2.45, 2.75) is 65.2 Å². The van der Waals surface area contributed by atoms with E-state index >= 15 is 0 Å². The highest BCUT2D eigenvalue weighted by Crippen LogP contribution is 2.03. The number of hydrogen-bond donors (Lipinski definition) is 2. The van der Waals surface area contributed by atoms with Crippen molar-refractivity contribution in [3.05, 3.63) is 0 Å². The maximum Gasteiger partial charge on any atom is 0.166 e. The fourth-order valence-electron chi connectivity index (χ4n) is 1.55. The SMILES string of the molecule is CCCCCCCCNC(=S)NCCCC. The van der Waals surface area contributed by atoms with Crippen molar-refractivity contribution in [1.29, 1.82) is 0 Å². The summed E-state index contributed by atoms with van der Waals surface area (Å²) >= 11 is 5.16. The zero-order valence-corrected chi connectivity index (χ0v) is 11.8. The largest absolute Gasteiger partial charge is 0.363 e. The van der Waals surface area contributed by atoms with Gasteiger partial charge in [-0.3, -0.25) is 0 Å². The third-order valence-corrected chi connectivity index (χ3v) is 2.92. The standard InChI is InChI=1S/C13H28N2S/c1-3-5-7-8-9-10-12-15-13(16)14-11-6-4-2/h3-12H2,1-2H3,(H2,14,15,16). The number of thiocarbonyl (C=S) groups is 1. The molecule has 0 aromatic heterocycles. The molecule has 0 bridgehead atoms. The molecule has 0 atom stereocenters. The summed E-state index contributed by atoms with van der Waals surface area (Å²) in [4.78, 5) is 0. The van der Waals surface area contributed by atoms with Crippen LogP contribution in [0.3, 0.4) is 0 Å². The molecule has 0 unspecified atom stereocenters. The van der Waals surface area contributed by atoms with E-state index in [9.17, 15) is 0 Å². The van der Waals surface area contributed by atoms with Crippen LogP contribution in [0.2, 0.25) is 0 Å². The first-order chi connectivity index (χ1) is 7.81. The van der Waals surface area contributed by atoms with Gasteiger partial charge < -0.3 is 10.6 Å². The van der Waals surface area contributed by atoms with Crippen molar-refractivity contribution < 1.29 is 0 Å². The van der Waals surface area contributed by atoms with Crippen LogP contribution in [-0.4, -0.2) is 18.2 Å². The molecule has 0 rings (SSSR count). The Morgan fingerprint density at radius 2 is 1.25 bits per heavy atom. The Hall–Kier alpha value is -0.310. The van der Waals surface area contributed by atoms with Crippen LogP contribution in [0, 0.1) is 0 Å². The van der Waals surface area contributed by atoms with E-state index < -0.39 is 0 Å². The van der Waals surface area contributed by atoms with Gasteiger partial charge in [0.15, 0.2) is 5.11 Å². The van der Waals surface area contributed by atoms with E-state index in [1.165, 1.54) is 51.4 Å². The third kappa shape index (κ3) is 11.8. The first-order valence-corrected chi connectivity index (χ1v) is 7.23. The van der Waals surface area contributed by atoms with Gasteiger partial charge in [0.25, 0.3) is 0 Å². The molecule has 0 aromatic rings. The van der Waals surface area contributed by atoms with Crippen molar-refractivity contribution in [2.24, 2.45) is 0 Å². The van der Waals surface area contributed by atoms with Crippen LogP contribution in [0.1, 0.15) is 65.2 Å². The second-order valence-electron chi connectivity index (χ2n) is 4.30. The van der Waals surface area contributed by atoms with Gasteiger partial charge in [0.1, 0.15) is 0 Å². The fraction of sp³-hybridized carbons (Fsp3) is 0.923. The van der Waals surface area contributed by atoms with Gasteiger partial charge in [-0.1, -0.05) is 52.4 Å². The third-order valence-electron chi connectivity index (χ3n) is 2.63. The average Bonchev–Trinajstić information content (AvgIpc) is 2.28. The van der Waals surface area contributed by atoms with Gasteiger partial charge >= 0.3 is 0 Å². The van der Waals surface area contributed by atoms with Gasteiger partial charge in [-0.25, -0.2) is 0 Å². The molecule has 0 amide bonds. The molecule has 0 spiro atoms. The Kier molecular flexibility index (Phi) is 12.5. The summed E-state index contributed by atoms with van der Waals surface area (Å²) in [5.41, 5.74) is 0. The molecular weight excluding hydrogens is 216 g/mol. The molecule has 0 aliphatic heterocycles. The van der Waals surface area contributed by atoms with Gasteiger partial charge in [0, 0.05) is 13.1 Å². The predicted octanol–water partition coefficient (Wildman–Crippen LogP) is 3.61. The first-order valence-electron chi connectivity index (χ1n) is 6.83. The van der Waals surface area contributed by atoms with Gasteiger partial charge in [-0.2, -0.15) is 0 Å². The van der Waals surface area contributed by atoms with Crippen LogP contribution in [0.4, 0.5) is 0 Å². The average molecular weight is 244 g/mol. The van der Waals surface area contributed by atoms with Crippen LogP contribution in [0.5, 0.6) is 0 Å². The molecule has 16 heavy (non-hydrogen) atoms. The van der Waals surface area contributed by atoms with E-state index in [1.54, 1.807) is 0 Å². The Morgan fingerprint density at radius 3 is 1.88 bits per heavy atom. The minimum absolute atomic E-state index is 0.821.